The van der Waals surface area contributed by atoms with E-state index < -0.39 is 0 Å². The van der Waals surface area contributed by atoms with Crippen LogP contribution >= 0.6 is 0 Å². The largest absolute Gasteiger partial charge is 0.313 e. The van der Waals surface area contributed by atoms with Crippen LogP contribution in [0.15, 0.2) is 24.5 Å². The fourth-order valence-electron chi connectivity index (χ4n) is 2.00. The Morgan fingerprint density at radius 2 is 2.16 bits per heavy atom. The summed E-state index contributed by atoms with van der Waals surface area (Å²) in [6, 6.07) is 5.00. The number of hydrogen-bond donors (Lipinski definition) is 0. The van der Waals surface area contributed by atoms with Crippen LogP contribution in [0.2, 0.25) is 0 Å². The van der Waals surface area contributed by atoms with Gasteiger partial charge in [-0.2, -0.15) is 0 Å². The summed E-state index contributed by atoms with van der Waals surface area (Å²) in [6.45, 7) is 6.78. The van der Waals surface area contributed by atoms with Crippen LogP contribution in [0.5, 0.6) is 0 Å². The van der Waals surface area contributed by atoms with Crippen molar-refractivity contribution in [3.05, 3.63) is 40.2 Å². The summed E-state index contributed by atoms with van der Waals surface area (Å²) in [5.74, 6) is 1.22. The van der Waals surface area contributed by atoms with Crippen molar-refractivity contribution in [1.82, 2.24) is 14.8 Å². The highest BCUT2D eigenvalue weighted by Crippen LogP contribution is 2.25. The Bertz CT molecular complexity index is 604. The number of nitro benzene ring substituents is 1. The van der Waals surface area contributed by atoms with Gasteiger partial charge in [0.1, 0.15) is 6.33 Å². The molecule has 2 rings (SSSR count). The van der Waals surface area contributed by atoms with Gasteiger partial charge in [0.2, 0.25) is 0 Å². The van der Waals surface area contributed by atoms with Gasteiger partial charge in [-0.05, 0) is 25.0 Å². The van der Waals surface area contributed by atoms with Crippen LogP contribution in [0.3, 0.4) is 0 Å². The van der Waals surface area contributed by atoms with Crippen molar-refractivity contribution in [2.24, 2.45) is 5.92 Å². The molecule has 0 atom stereocenters. The van der Waals surface area contributed by atoms with E-state index in [9.17, 15) is 10.1 Å². The Morgan fingerprint density at radius 3 is 2.74 bits per heavy atom. The lowest BCUT2D eigenvalue weighted by molar-refractivity contribution is -0.385. The quantitative estimate of drug-likeness (QED) is 0.625. The minimum absolute atomic E-state index is 0.124. The smallest absolute Gasteiger partial charge is 0.272 e. The Morgan fingerprint density at radius 1 is 1.42 bits per heavy atom. The SMILES string of the molecule is Cc1cc(-c2nncn2CC(C)C)ccc1[N+](=O)[O-]. The summed E-state index contributed by atoms with van der Waals surface area (Å²) in [7, 11) is 0. The summed E-state index contributed by atoms with van der Waals surface area (Å²) in [6.07, 6.45) is 1.69. The molecule has 0 saturated heterocycles. The molecule has 2 aromatic rings. The molecule has 1 aromatic carbocycles. The molecule has 0 saturated carbocycles. The molecule has 0 radical (unpaired) electrons. The zero-order chi connectivity index (χ0) is 14.0. The van der Waals surface area contributed by atoms with E-state index in [4.69, 9.17) is 0 Å². The van der Waals surface area contributed by atoms with Crippen LogP contribution in [0.4, 0.5) is 5.69 Å². The van der Waals surface area contributed by atoms with Crippen LogP contribution in [-0.2, 0) is 6.54 Å². The lowest BCUT2D eigenvalue weighted by Gasteiger charge is -2.09. The number of aromatic nitrogens is 3. The molecular weight excluding hydrogens is 244 g/mol. The third-order valence-corrected chi connectivity index (χ3v) is 2.83. The molecule has 0 fully saturated rings. The maximum Gasteiger partial charge on any atom is 0.272 e. The number of nitro groups is 1. The Kier molecular flexibility index (Phi) is 3.59. The molecule has 0 spiro atoms. The molecule has 0 N–H and O–H groups in total. The van der Waals surface area contributed by atoms with Crippen molar-refractivity contribution in [2.75, 3.05) is 0 Å². The molecule has 0 aliphatic rings. The summed E-state index contributed by atoms with van der Waals surface area (Å²) in [5.41, 5.74) is 1.60. The van der Waals surface area contributed by atoms with E-state index in [1.165, 1.54) is 6.07 Å². The van der Waals surface area contributed by atoms with Gasteiger partial charge >= 0.3 is 0 Å². The van der Waals surface area contributed by atoms with Crippen LogP contribution < -0.4 is 0 Å². The molecule has 0 unspecified atom stereocenters. The van der Waals surface area contributed by atoms with Gasteiger partial charge in [0, 0.05) is 23.7 Å². The second kappa shape index (κ2) is 5.17. The first-order valence-corrected chi connectivity index (χ1v) is 6.12. The second-order valence-corrected chi connectivity index (χ2v) is 4.96. The number of rotatable bonds is 4. The molecule has 0 amide bonds. The molecular formula is C13H16N4O2. The highest BCUT2D eigenvalue weighted by Gasteiger charge is 2.14. The lowest BCUT2D eigenvalue weighted by Crippen LogP contribution is -2.05. The molecule has 0 bridgehead atoms. The summed E-state index contributed by atoms with van der Waals surface area (Å²) in [5, 5.41) is 18.8. The van der Waals surface area contributed by atoms with Crippen molar-refractivity contribution in [3.63, 3.8) is 0 Å². The zero-order valence-corrected chi connectivity index (χ0v) is 11.2. The summed E-state index contributed by atoms with van der Waals surface area (Å²) >= 11 is 0. The standard InChI is InChI=1S/C13H16N4O2/c1-9(2)7-16-8-14-15-13(16)11-4-5-12(17(18)19)10(3)6-11/h4-6,8-9H,7H2,1-3H3. The second-order valence-electron chi connectivity index (χ2n) is 4.96. The van der Waals surface area contributed by atoms with E-state index in [0.29, 0.717) is 11.5 Å². The minimum Gasteiger partial charge on any atom is -0.313 e. The van der Waals surface area contributed by atoms with Crippen molar-refractivity contribution in [3.8, 4) is 11.4 Å². The summed E-state index contributed by atoms with van der Waals surface area (Å²) in [4.78, 5) is 10.4. The molecule has 19 heavy (non-hydrogen) atoms. The average molecular weight is 260 g/mol. The van der Waals surface area contributed by atoms with Crippen molar-refractivity contribution in [1.29, 1.82) is 0 Å². The van der Waals surface area contributed by atoms with Crippen LogP contribution in [0.25, 0.3) is 11.4 Å². The Balaban J connectivity index is 2.40. The number of nitrogens with zero attached hydrogens (tertiary/aromatic N) is 4. The van der Waals surface area contributed by atoms with Gasteiger partial charge in [0.05, 0.1) is 4.92 Å². The fraction of sp³-hybridized carbons (Fsp3) is 0.385. The first-order valence-electron chi connectivity index (χ1n) is 6.12. The van der Waals surface area contributed by atoms with E-state index in [1.807, 2.05) is 4.57 Å². The maximum atomic E-state index is 10.8. The van der Waals surface area contributed by atoms with Crippen LogP contribution in [0, 0.1) is 23.0 Å². The van der Waals surface area contributed by atoms with Gasteiger partial charge in [-0.25, -0.2) is 0 Å². The predicted octanol–water partition coefficient (Wildman–Crippen LogP) is 2.82. The Hall–Kier alpha value is -2.24. The Labute approximate surface area is 111 Å². The van der Waals surface area contributed by atoms with Crippen LogP contribution in [-0.4, -0.2) is 19.7 Å². The van der Waals surface area contributed by atoms with Crippen LogP contribution in [0.1, 0.15) is 19.4 Å². The zero-order valence-electron chi connectivity index (χ0n) is 11.2. The molecule has 1 heterocycles. The van der Waals surface area contributed by atoms with Gasteiger partial charge in [-0.1, -0.05) is 13.8 Å². The average Bonchev–Trinajstić information content (AvgIpc) is 2.75. The van der Waals surface area contributed by atoms with Crippen molar-refractivity contribution >= 4 is 5.69 Å². The number of hydrogen-bond acceptors (Lipinski definition) is 4. The number of aryl methyl sites for hydroxylation is 1. The molecule has 0 aliphatic carbocycles. The fourth-order valence-corrected chi connectivity index (χ4v) is 2.00. The molecule has 6 nitrogen and oxygen atoms in total. The highest BCUT2D eigenvalue weighted by atomic mass is 16.6. The molecule has 0 aliphatic heterocycles. The third kappa shape index (κ3) is 2.78. The van der Waals surface area contributed by atoms with Gasteiger partial charge in [-0.3, -0.25) is 10.1 Å². The van der Waals surface area contributed by atoms with Crippen molar-refractivity contribution < 1.29 is 4.92 Å². The topological polar surface area (TPSA) is 73.8 Å². The lowest BCUT2D eigenvalue weighted by atomic mass is 10.1. The van der Waals surface area contributed by atoms with Gasteiger partial charge in [0.25, 0.3) is 5.69 Å². The van der Waals surface area contributed by atoms with E-state index >= 15 is 0 Å². The molecule has 100 valence electrons. The normalized spacial score (nSPS) is 10.9. The van der Waals surface area contributed by atoms with Crippen molar-refractivity contribution in [2.45, 2.75) is 27.3 Å². The first-order chi connectivity index (χ1) is 8.99. The maximum absolute atomic E-state index is 10.8. The van der Waals surface area contributed by atoms with Gasteiger partial charge in [0.15, 0.2) is 5.82 Å². The van der Waals surface area contributed by atoms with Gasteiger partial charge in [-0.15, -0.1) is 10.2 Å². The minimum atomic E-state index is -0.377. The number of benzene rings is 1. The predicted molar refractivity (Wildman–Crippen MR) is 71.7 cm³/mol. The van der Waals surface area contributed by atoms with Gasteiger partial charge < -0.3 is 4.57 Å². The van der Waals surface area contributed by atoms with E-state index in [1.54, 1.807) is 25.4 Å². The molecule has 6 heteroatoms. The first kappa shape index (κ1) is 13.2. The molecule has 1 aromatic heterocycles. The highest BCUT2D eigenvalue weighted by molar-refractivity contribution is 5.60. The summed E-state index contributed by atoms with van der Waals surface area (Å²) < 4.78 is 1.96. The third-order valence-electron chi connectivity index (χ3n) is 2.83. The van der Waals surface area contributed by atoms with E-state index in [2.05, 4.69) is 24.0 Å². The monoisotopic (exact) mass is 260 g/mol. The van der Waals surface area contributed by atoms with E-state index in [0.717, 1.165) is 17.9 Å². The van der Waals surface area contributed by atoms with E-state index in [-0.39, 0.29) is 10.6 Å².